The second kappa shape index (κ2) is 7.96. The number of hydrogen-bond acceptors (Lipinski definition) is 4. The van der Waals surface area contributed by atoms with Crippen LogP contribution in [0.25, 0.3) is 0 Å². The van der Waals surface area contributed by atoms with E-state index in [0.29, 0.717) is 19.7 Å². The maximum Gasteiger partial charge on any atom is 0.308 e. The third-order valence-electron chi connectivity index (χ3n) is 1.40. The largest absolute Gasteiger partial charge is 0.466 e. The predicted octanol–water partition coefficient (Wildman–Crippen LogP) is 0.799. The fourth-order valence-corrected chi connectivity index (χ4v) is 1.06. The van der Waals surface area contributed by atoms with E-state index in [1.54, 1.807) is 6.92 Å². The van der Waals surface area contributed by atoms with Crippen LogP contribution in [0.5, 0.6) is 0 Å². The summed E-state index contributed by atoms with van der Waals surface area (Å²) in [5, 5.41) is 12.3. The van der Waals surface area contributed by atoms with Gasteiger partial charge in [-0.1, -0.05) is 22.5 Å². The topological polar surface area (TPSA) is 58.6 Å². The molecule has 1 atom stereocenters. The standard InChI is InChI=1S/C9H16BrNO3/c1-3-14-9(13)4-8(12)6-11-5-7(2)10/h8,11-12H,2-6H2,1H3. The first-order chi connectivity index (χ1) is 6.56. The van der Waals surface area contributed by atoms with Gasteiger partial charge in [0.1, 0.15) is 0 Å². The smallest absolute Gasteiger partial charge is 0.308 e. The van der Waals surface area contributed by atoms with E-state index in [9.17, 15) is 9.90 Å². The minimum atomic E-state index is -0.708. The highest BCUT2D eigenvalue weighted by molar-refractivity contribution is 9.11. The lowest BCUT2D eigenvalue weighted by molar-refractivity contribution is -0.145. The maximum atomic E-state index is 10.9. The van der Waals surface area contributed by atoms with E-state index >= 15 is 0 Å². The van der Waals surface area contributed by atoms with Crippen LogP contribution in [0.3, 0.4) is 0 Å². The number of esters is 1. The summed E-state index contributed by atoms with van der Waals surface area (Å²) in [5.74, 6) is -0.375. The highest BCUT2D eigenvalue weighted by Gasteiger charge is 2.10. The van der Waals surface area contributed by atoms with Gasteiger partial charge in [0.25, 0.3) is 0 Å². The van der Waals surface area contributed by atoms with E-state index in [0.717, 1.165) is 4.48 Å². The molecule has 0 heterocycles. The number of nitrogens with one attached hydrogen (secondary N) is 1. The van der Waals surface area contributed by atoms with Gasteiger partial charge in [0, 0.05) is 17.6 Å². The van der Waals surface area contributed by atoms with Crippen LogP contribution >= 0.6 is 15.9 Å². The van der Waals surface area contributed by atoms with Gasteiger partial charge in [-0.3, -0.25) is 4.79 Å². The molecule has 5 heteroatoms. The van der Waals surface area contributed by atoms with Crippen LogP contribution in [0, 0.1) is 0 Å². The van der Waals surface area contributed by atoms with Gasteiger partial charge in [-0.2, -0.15) is 0 Å². The van der Waals surface area contributed by atoms with Crippen molar-refractivity contribution in [3.8, 4) is 0 Å². The molecule has 0 aliphatic rings. The van der Waals surface area contributed by atoms with Crippen LogP contribution in [0.15, 0.2) is 11.1 Å². The molecule has 0 aromatic carbocycles. The van der Waals surface area contributed by atoms with Gasteiger partial charge >= 0.3 is 5.97 Å². The quantitative estimate of drug-likeness (QED) is 0.669. The van der Waals surface area contributed by atoms with Gasteiger partial charge in [-0.05, 0) is 6.92 Å². The Labute approximate surface area is 92.5 Å². The summed E-state index contributed by atoms with van der Waals surface area (Å²) in [5.41, 5.74) is 0. The number of aliphatic hydroxyl groups is 1. The summed E-state index contributed by atoms with van der Waals surface area (Å²) >= 11 is 3.17. The molecular weight excluding hydrogens is 250 g/mol. The number of hydrogen-bond donors (Lipinski definition) is 2. The van der Waals surface area contributed by atoms with Crippen molar-refractivity contribution in [2.24, 2.45) is 0 Å². The molecule has 2 N–H and O–H groups in total. The Kier molecular flexibility index (Phi) is 7.74. The number of carbonyl (C=O) groups excluding carboxylic acids is 1. The molecule has 0 bridgehead atoms. The molecule has 0 saturated carbocycles. The van der Waals surface area contributed by atoms with E-state index in [4.69, 9.17) is 0 Å². The first-order valence-electron chi connectivity index (χ1n) is 4.44. The van der Waals surface area contributed by atoms with Gasteiger partial charge in [0.2, 0.25) is 0 Å². The third-order valence-corrected chi connectivity index (χ3v) is 1.68. The Morgan fingerprint density at radius 3 is 2.86 bits per heavy atom. The lowest BCUT2D eigenvalue weighted by atomic mass is 10.2. The zero-order valence-electron chi connectivity index (χ0n) is 8.25. The molecular formula is C9H16BrNO3. The van der Waals surface area contributed by atoms with Crippen molar-refractivity contribution in [1.82, 2.24) is 5.32 Å². The Balaban J connectivity index is 3.49. The van der Waals surface area contributed by atoms with Gasteiger partial charge in [0.05, 0.1) is 19.1 Å². The van der Waals surface area contributed by atoms with Crippen LogP contribution in [-0.4, -0.2) is 36.9 Å². The highest BCUT2D eigenvalue weighted by Crippen LogP contribution is 1.98. The lowest BCUT2D eigenvalue weighted by Crippen LogP contribution is -2.29. The van der Waals surface area contributed by atoms with Crippen molar-refractivity contribution in [3.05, 3.63) is 11.1 Å². The van der Waals surface area contributed by atoms with E-state index in [-0.39, 0.29) is 12.4 Å². The van der Waals surface area contributed by atoms with Crippen LogP contribution in [0.2, 0.25) is 0 Å². The minimum Gasteiger partial charge on any atom is -0.466 e. The Bertz CT molecular complexity index is 196. The fraction of sp³-hybridized carbons (Fsp3) is 0.667. The molecule has 0 fully saturated rings. The summed E-state index contributed by atoms with van der Waals surface area (Å²) in [6.45, 7) is 6.62. The molecule has 0 aromatic rings. The molecule has 0 aliphatic heterocycles. The van der Waals surface area contributed by atoms with Crippen molar-refractivity contribution in [2.75, 3.05) is 19.7 Å². The number of halogens is 1. The average Bonchev–Trinajstić information content (AvgIpc) is 2.03. The van der Waals surface area contributed by atoms with Gasteiger partial charge < -0.3 is 15.2 Å². The minimum absolute atomic E-state index is 0.0234. The van der Waals surface area contributed by atoms with Crippen LogP contribution < -0.4 is 5.32 Å². The molecule has 0 spiro atoms. The first kappa shape index (κ1) is 13.6. The van der Waals surface area contributed by atoms with E-state index < -0.39 is 6.10 Å². The summed E-state index contributed by atoms with van der Waals surface area (Å²) in [6, 6.07) is 0. The van der Waals surface area contributed by atoms with Crippen molar-refractivity contribution in [3.63, 3.8) is 0 Å². The average molecular weight is 266 g/mol. The molecule has 0 amide bonds. The SMILES string of the molecule is C=C(Br)CNCC(O)CC(=O)OCC. The second-order valence-corrected chi connectivity index (χ2v) is 3.93. The van der Waals surface area contributed by atoms with E-state index in [1.807, 2.05) is 0 Å². The van der Waals surface area contributed by atoms with Crippen LogP contribution in [0.4, 0.5) is 0 Å². The first-order valence-corrected chi connectivity index (χ1v) is 5.23. The highest BCUT2D eigenvalue weighted by atomic mass is 79.9. The van der Waals surface area contributed by atoms with Crippen molar-refractivity contribution in [2.45, 2.75) is 19.4 Å². The Hall–Kier alpha value is -0.390. The zero-order chi connectivity index (χ0) is 11.0. The summed E-state index contributed by atoms with van der Waals surface area (Å²) in [7, 11) is 0. The summed E-state index contributed by atoms with van der Waals surface area (Å²) < 4.78 is 5.49. The summed E-state index contributed by atoms with van der Waals surface area (Å²) in [6.07, 6.45) is -0.684. The van der Waals surface area contributed by atoms with Gasteiger partial charge in [0.15, 0.2) is 0 Å². The molecule has 14 heavy (non-hydrogen) atoms. The van der Waals surface area contributed by atoms with Crippen molar-refractivity contribution in [1.29, 1.82) is 0 Å². The van der Waals surface area contributed by atoms with Gasteiger partial charge in [-0.15, -0.1) is 0 Å². The van der Waals surface area contributed by atoms with Crippen molar-refractivity contribution >= 4 is 21.9 Å². The van der Waals surface area contributed by atoms with Gasteiger partial charge in [-0.25, -0.2) is 0 Å². The van der Waals surface area contributed by atoms with Crippen LogP contribution in [0.1, 0.15) is 13.3 Å². The molecule has 0 radical (unpaired) electrons. The fourth-order valence-electron chi connectivity index (χ4n) is 0.859. The number of aliphatic hydroxyl groups excluding tert-OH is 1. The van der Waals surface area contributed by atoms with E-state index in [1.165, 1.54) is 0 Å². The molecule has 1 unspecified atom stereocenters. The monoisotopic (exact) mass is 265 g/mol. The number of carbonyl (C=O) groups is 1. The molecule has 0 saturated heterocycles. The van der Waals surface area contributed by atoms with Crippen LogP contribution in [-0.2, 0) is 9.53 Å². The lowest BCUT2D eigenvalue weighted by Gasteiger charge is -2.10. The number of ether oxygens (including phenoxy) is 1. The predicted molar refractivity (Wildman–Crippen MR) is 58.2 cm³/mol. The normalized spacial score (nSPS) is 12.2. The van der Waals surface area contributed by atoms with Crippen molar-refractivity contribution < 1.29 is 14.6 Å². The third kappa shape index (κ3) is 8.22. The second-order valence-electron chi connectivity index (χ2n) is 2.81. The van der Waals surface area contributed by atoms with E-state index in [2.05, 4.69) is 32.6 Å². The Morgan fingerprint density at radius 2 is 2.36 bits per heavy atom. The molecule has 0 rings (SSSR count). The Morgan fingerprint density at radius 1 is 1.71 bits per heavy atom. The molecule has 0 aliphatic carbocycles. The maximum absolute atomic E-state index is 10.9. The molecule has 0 aromatic heterocycles. The molecule has 4 nitrogen and oxygen atoms in total. The summed E-state index contributed by atoms with van der Waals surface area (Å²) in [4.78, 5) is 10.9. The number of rotatable bonds is 7. The molecule has 82 valence electrons. The zero-order valence-corrected chi connectivity index (χ0v) is 9.84.